The summed E-state index contributed by atoms with van der Waals surface area (Å²) in [4.78, 5) is 35.5. The van der Waals surface area contributed by atoms with Crippen molar-refractivity contribution in [1.29, 1.82) is 0 Å². The molecule has 2 aromatic heterocycles. The first kappa shape index (κ1) is 19.6. The van der Waals surface area contributed by atoms with Gasteiger partial charge in [-0.3, -0.25) is 14.6 Å². The van der Waals surface area contributed by atoms with Gasteiger partial charge in [-0.1, -0.05) is 0 Å². The van der Waals surface area contributed by atoms with Gasteiger partial charge in [-0.05, 0) is 65.4 Å². The summed E-state index contributed by atoms with van der Waals surface area (Å²) < 4.78 is 0.779. The Labute approximate surface area is 177 Å². The zero-order chi connectivity index (χ0) is 19.7. The molecule has 1 aliphatic heterocycles. The number of nitrogens with one attached hydrogen (secondary N) is 1. The molecule has 3 heterocycles. The molecule has 2 aromatic rings. The molecule has 3 unspecified atom stereocenters. The Bertz CT molecular complexity index is 909. The molecule has 1 saturated heterocycles. The minimum Gasteiger partial charge on any atom is -0.348 e. The van der Waals surface area contributed by atoms with Gasteiger partial charge in [-0.2, -0.15) is 11.8 Å². The summed E-state index contributed by atoms with van der Waals surface area (Å²) in [7, 11) is 0. The van der Waals surface area contributed by atoms with Gasteiger partial charge < -0.3 is 10.2 Å². The Balaban J connectivity index is 1.36. The maximum absolute atomic E-state index is 12.7. The average Bonchev–Trinajstić information content (AvgIpc) is 3.47. The van der Waals surface area contributed by atoms with Gasteiger partial charge in [0.15, 0.2) is 0 Å². The van der Waals surface area contributed by atoms with E-state index in [0.29, 0.717) is 23.3 Å². The zero-order valence-corrected chi connectivity index (χ0v) is 18.1. The van der Waals surface area contributed by atoms with E-state index in [1.165, 1.54) is 0 Å². The Kier molecular flexibility index (Phi) is 5.87. The number of aromatic nitrogens is 2. The topological polar surface area (TPSA) is 75.2 Å². The molecule has 2 fully saturated rings. The predicted molar refractivity (Wildman–Crippen MR) is 114 cm³/mol. The quantitative estimate of drug-likeness (QED) is 0.738. The Morgan fingerprint density at radius 3 is 3.04 bits per heavy atom. The van der Waals surface area contributed by atoms with E-state index < -0.39 is 0 Å². The highest BCUT2D eigenvalue weighted by Crippen LogP contribution is 2.41. The van der Waals surface area contributed by atoms with Gasteiger partial charge in [-0.15, -0.1) is 0 Å². The van der Waals surface area contributed by atoms with Crippen LogP contribution < -0.4 is 5.32 Å². The lowest BCUT2D eigenvalue weighted by Gasteiger charge is -2.33. The van der Waals surface area contributed by atoms with Crippen LogP contribution in [0.2, 0.25) is 0 Å². The molecule has 1 saturated carbocycles. The summed E-state index contributed by atoms with van der Waals surface area (Å²) in [5.74, 6) is 1.60. The van der Waals surface area contributed by atoms with Crippen LogP contribution in [0.15, 0.2) is 29.0 Å². The minimum atomic E-state index is -0.135. The van der Waals surface area contributed by atoms with Gasteiger partial charge >= 0.3 is 0 Å². The molecule has 2 amide bonds. The number of hydrogen-bond acceptors (Lipinski definition) is 5. The molecule has 1 aliphatic carbocycles. The van der Waals surface area contributed by atoms with Gasteiger partial charge in [0.05, 0.1) is 15.7 Å². The second kappa shape index (κ2) is 8.37. The summed E-state index contributed by atoms with van der Waals surface area (Å²) in [6.45, 7) is 1.69. The second-order valence-electron chi connectivity index (χ2n) is 7.54. The molecule has 0 spiro atoms. The molecule has 4 rings (SSSR count). The molecular weight excluding hydrogens is 440 g/mol. The number of nitrogens with zero attached hydrogens (tertiary/aromatic N) is 3. The molecular formula is C20H23BrN4O2S. The monoisotopic (exact) mass is 462 g/mol. The first-order valence-electron chi connectivity index (χ1n) is 9.54. The summed E-state index contributed by atoms with van der Waals surface area (Å²) in [5.41, 5.74) is 1.16. The summed E-state index contributed by atoms with van der Waals surface area (Å²) in [5, 5.41) is 4.03. The Hall–Kier alpha value is -1.67. The average molecular weight is 463 g/mol. The number of thioether (sulfide) groups is 1. The number of halogens is 1. The molecule has 6 nitrogen and oxygen atoms in total. The standard InChI is InChI=1S/C20H23BrN4O2S/c1-28-11-18(26)25-6-2-3-13(10-25)14-7-17(14)24-20(27)16-5-4-12-8-22-9-15(21)19(12)23-16/h4-5,8-9,13-14,17H,2-3,6-7,10-11H2,1H3,(H,24,27). The van der Waals surface area contributed by atoms with Crippen molar-refractivity contribution in [2.75, 3.05) is 25.1 Å². The summed E-state index contributed by atoms with van der Waals surface area (Å²) in [6, 6.07) is 3.80. The van der Waals surface area contributed by atoms with E-state index in [2.05, 4.69) is 31.2 Å². The van der Waals surface area contributed by atoms with E-state index >= 15 is 0 Å². The molecule has 0 radical (unpaired) electrons. The van der Waals surface area contributed by atoms with Gasteiger partial charge in [0.25, 0.3) is 5.91 Å². The van der Waals surface area contributed by atoms with Crippen LogP contribution in [-0.2, 0) is 4.79 Å². The lowest BCUT2D eigenvalue weighted by molar-refractivity contribution is -0.130. The van der Waals surface area contributed by atoms with E-state index in [0.717, 1.165) is 47.7 Å². The van der Waals surface area contributed by atoms with Crippen LogP contribution in [0.25, 0.3) is 10.9 Å². The van der Waals surface area contributed by atoms with Crippen molar-refractivity contribution in [2.45, 2.75) is 25.3 Å². The predicted octanol–water partition coefficient (Wildman–Crippen LogP) is 3.11. The number of carbonyl (C=O) groups excluding carboxylic acids is 2. The molecule has 0 aromatic carbocycles. The third kappa shape index (κ3) is 4.17. The van der Waals surface area contributed by atoms with E-state index in [1.54, 1.807) is 30.2 Å². The lowest BCUT2D eigenvalue weighted by atomic mass is 9.93. The van der Waals surface area contributed by atoms with Crippen LogP contribution in [0.4, 0.5) is 0 Å². The van der Waals surface area contributed by atoms with Crippen molar-refractivity contribution in [3.63, 3.8) is 0 Å². The Morgan fingerprint density at radius 1 is 1.36 bits per heavy atom. The number of amides is 2. The Morgan fingerprint density at radius 2 is 2.21 bits per heavy atom. The van der Waals surface area contributed by atoms with Crippen LogP contribution >= 0.6 is 27.7 Å². The molecule has 2 aliphatic rings. The van der Waals surface area contributed by atoms with E-state index in [-0.39, 0.29) is 17.9 Å². The van der Waals surface area contributed by atoms with Crippen LogP contribution in [0.5, 0.6) is 0 Å². The maximum atomic E-state index is 12.7. The third-order valence-corrected chi connectivity index (χ3v) is 6.74. The molecule has 148 valence electrons. The number of pyridine rings is 2. The summed E-state index contributed by atoms with van der Waals surface area (Å²) in [6.07, 6.45) is 8.55. The van der Waals surface area contributed by atoms with Crippen molar-refractivity contribution in [1.82, 2.24) is 20.2 Å². The van der Waals surface area contributed by atoms with Crippen molar-refractivity contribution in [3.8, 4) is 0 Å². The molecule has 0 bridgehead atoms. The lowest BCUT2D eigenvalue weighted by Crippen LogP contribution is -2.42. The highest BCUT2D eigenvalue weighted by Gasteiger charge is 2.45. The van der Waals surface area contributed by atoms with E-state index in [1.807, 2.05) is 17.2 Å². The fourth-order valence-corrected chi connectivity index (χ4v) is 4.95. The highest BCUT2D eigenvalue weighted by atomic mass is 79.9. The fourth-order valence-electron chi connectivity index (χ4n) is 4.08. The van der Waals surface area contributed by atoms with E-state index in [4.69, 9.17) is 0 Å². The number of piperidine rings is 1. The SMILES string of the molecule is CSCC(=O)N1CCCC(C2CC2NC(=O)c2ccc3cncc(Br)c3n2)C1. The van der Waals surface area contributed by atoms with Crippen molar-refractivity contribution >= 4 is 50.4 Å². The first-order chi connectivity index (χ1) is 13.6. The molecule has 3 atom stereocenters. The number of rotatable bonds is 5. The van der Waals surface area contributed by atoms with Crippen molar-refractivity contribution < 1.29 is 9.59 Å². The number of likely N-dealkylation sites (tertiary alicyclic amines) is 1. The second-order valence-corrected chi connectivity index (χ2v) is 9.26. The van der Waals surface area contributed by atoms with Crippen LogP contribution in [0.1, 0.15) is 29.8 Å². The van der Waals surface area contributed by atoms with Gasteiger partial charge in [0.1, 0.15) is 5.69 Å². The number of carbonyl (C=O) groups is 2. The minimum absolute atomic E-state index is 0.135. The third-order valence-electron chi connectivity index (χ3n) is 5.63. The van der Waals surface area contributed by atoms with Crippen LogP contribution in [0.3, 0.4) is 0 Å². The molecule has 8 heteroatoms. The number of fused-ring (bicyclic) bond motifs is 1. The van der Waals surface area contributed by atoms with E-state index in [9.17, 15) is 9.59 Å². The largest absolute Gasteiger partial charge is 0.348 e. The van der Waals surface area contributed by atoms with Gasteiger partial charge in [-0.25, -0.2) is 4.98 Å². The number of hydrogen-bond donors (Lipinski definition) is 1. The van der Waals surface area contributed by atoms with Gasteiger partial charge in [0, 0.05) is 36.9 Å². The van der Waals surface area contributed by atoms with Gasteiger partial charge in [0.2, 0.25) is 5.91 Å². The smallest absolute Gasteiger partial charge is 0.270 e. The first-order valence-corrected chi connectivity index (χ1v) is 11.7. The highest BCUT2D eigenvalue weighted by molar-refractivity contribution is 9.10. The fraction of sp³-hybridized carbons (Fsp3) is 0.500. The van der Waals surface area contributed by atoms with Crippen molar-refractivity contribution in [2.24, 2.45) is 11.8 Å². The van der Waals surface area contributed by atoms with Crippen molar-refractivity contribution in [3.05, 3.63) is 34.7 Å². The zero-order valence-electron chi connectivity index (χ0n) is 15.7. The van der Waals surface area contributed by atoms with Crippen LogP contribution in [-0.4, -0.2) is 57.8 Å². The molecule has 1 N–H and O–H groups in total. The van der Waals surface area contributed by atoms with Crippen LogP contribution in [0, 0.1) is 11.8 Å². The molecule has 28 heavy (non-hydrogen) atoms. The summed E-state index contributed by atoms with van der Waals surface area (Å²) >= 11 is 5.02. The maximum Gasteiger partial charge on any atom is 0.270 e. The normalized spacial score (nSPS) is 24.2.